The molecule has 9 heteroatoms. The maximum Gasteiger partial charge on any atom is 0.230 e. The van der Waals surface area contributed by atoms with E-state index in [2.05, 4.69) is 15.0 Å². The van der Waals surface area contributed by atoms with Crippen LogP contribution in [0.15, 0.2) is 42.0 Å². The van der Waals surface area contributed by atoms with Gasteiger partial charge in [-0.1, -0.05) is 0 Å². The van der Waals surface area contributed by atoms with Crippen molar-refractivity contribution < 1.29 is 13.2 Å². The van der Waals surface area contributed by atoms with Gasteiger partial charge in [0.2, 0.25) is 15.9 Å². The van der Waals surface area contributed by atoms with Crippen LogP contribution in [0.25, 0.3) is 4.96 Å². The quantitative estimate of drug-likeness (QED) is 0.735. The van der Waals surface area contributed by atoms with Crippen LogP contribution in [0.5, 0.6) is 0 Å². The molecule has 2 N–H and O–H groups in total. The van der Waals surface area contributed by atoms with Gasteiger partial charge in [0, 0.05) is 29.1 Å². The van der Waals surface area contributed by atoms with Gasteiger partial charge < -0.3 is 5.32 Å². The SMILES string of the molecule is CS(=O)(=O)Nc1ccc(NC(=O)Cc2cn3ccsc3n2)cc1. The molecule has 0 unspecified atom stereocenters. The Bertz CT molecular complexity index is 913. The van der Waals surface area contributed by atoms with Crippen LogP contribution in [0.3, 0.4) is 0 Å². The lowest BCUT2D eigenvalue weighted by atomic mass is 10.2. The summed E-state index contributed by atoms with van der Waals surface area (Å²) in [4.78, 5) is 17.2. The van der Waals surface area contributed by atoms with Crippen LogP contribution in [0.1, 0.15) is 5.69 Å². The van der Waals surface area contributed by atoms with Gasteiger partial charge in [0.1, 0.15) is 0 Å². The van der Waals surface area contributed by atoms with Gasteiger partial charge in [0.25, 0.3) is 0 Å². The Hall–Kier alpha value is -2.39. The molecule has 3 rings (SSSR count). The molecule has 0 saturated heterocycles. The summed E-state index contributed by atoms with van der Waals surface area (Å²) in [6.07, 6.45) is 4.97. The second-order valence-electron chi connectivity index (χ2n) is 5.00. The first-order valence-electron chi connectivity index (χ1n) is 6.68. The third kappa shape index (κ3) is 4.08. The number of benzene rings is 1. The van der Waals surface area contributed by atoms with Crippen LogP contribution < -0.4 is 10.0 Å². The number of aromatic nitrogens is 2. The average molecular weight is 350 g/mol. The molecule has 23 heavy (non-hydrogen) atoms. The van der Waals surface area contributed by atoms with E-state index in [1.54, 1.807) is 24.3 Å². The van der Waals surface area contributed by atoms with Crippen molar-refractivity contribution in [2.45, 2.75) is 6.42 Å². The Labute approximate surface area is 137 Å². The number of fused-ring (bicyclic) bond motifs is 1. The number of carbonyl (C=O) groups is 1. The Morgan fingerprint density at radius 2 is 1.96 bits per heavy atom. The molecule has 0 aliphatic rings. The van der Waals surface area contributed by atoms with E-state index >= 15 is 0 Å². The molecule has 0 aliphatic heterocycles. The molecule has 3 aromatic rings. The van der Waals surface area contributed by atoms with Gasteiger partial charge in [-0.05, 0) is 24.3 Å². The first-order chi connectivity index (χ1) is 10.9. The zero-order valence-electron chi connectivity index (χ0n) is 12.2. The van der Waals surface area contributed by atoms with Crippen molar-refractivity contribution in [3.8, 4) is 0 Å². The number of anilines is 2. The van der Waals surface area contributed by atoms with E-state index in [9.17, 15) is 13.2 Å². The van der Waals surface area contributed by atoms with Crippen molar-refractivity contribution in [3.05, 3.63) is 47.7 Å². The molecule has 2 aromatic heterocycles. The highest BCUT2D eigenvalue weighted by molar-refractivity contribution is 7.92. The minimum atomic E-state index is -3.31. The highest BCUT2D eigenvalue weighted by Gasteiger charge is 2.09. The monoisotopic (exact) mass is 350 g/mol. The Morgan fingerprint density at radius 1 is 1.26 bits per heavy atom. The standard InChI is InChI=1S/C14H14N4O3S2/c1-23(20,21)17-11-4-2-10(3-5-11)15-13(19)8-12-9-18-6-7-22-14(18)16-12/h2-7,9,17H,8H2,1H3,(H,15,19). The maximum absolute atomic E-state index is 12.0. The lowest BCUT2D eigenvalue weighted by Gasteiger charge is -2.07. The summed E-state index contributed by atoms with van der Waals surface area (Å²) in [5.74, 6) is -0.181. The fraction of sp³-hybridized carbons (Fsp3) is 0.143. The normalized spacial score (nSPS) is 11.5. The second-order valence-corrected chi connectivity index (χ2v) is 7.62. The van der Waals surface area contributed by atoms with E-state index < -0.39 is 10.0 Å². The number of nitrogens with zero attached hydrogens (tertiary/aromatic N) is 2. The Balaban J connectivity index is 1.62. The highest BCUT2D eigenvalue weighted by atomic mass is 32.2. The largest absolute Gasteiger partial charge is 0.326 e. The molecular weight excluding hydrogens is 336 g/mol. The molecule has 0 spiro atoms. The first-order valence-corrected chi connectivity index (χ1v) is 9.45. The summed E-state index contributed by atoms with van der Waals surface area (Å²) in [6, 6.07) is 6.45. The Morgan fingerprint density at radius 3 is 2.61 bits per heavy atom. The Kier molecular flexibility index (Phi) is 4.05. The van der Waals surface area contributed by atoms with Crippen molar-refractivity contribution in [2.75, 3.05) is 16.3 Å². The molecular formula is C14H14N4O3S2. The molecule has 0 fully saturated rings. The number of nitrogens with one attached hydrogen (secondary N) is 2. The predicted molar refractivity (Wildman–Crippen MR) is 90.3 cm³/mol. The van der Waals surface area contributed by atoms with Gasteiger partial charge in [0.15, 0.2) is 4.96 Å². The molecule has 0 aliphatic carbocycles. The molecule has 120 valence electrons. The third-order valence-corrected chi connectivity index (χ3v) is 4.33. The number of imidazole rings is 1. The number of amides is 1. The molecule has 0 atom stereocenters. The van der Waals surface area contributed by atoms with E-state index in [0.717, 1.165) is 11.2 Å². The highest BCUT2D eigenvalue weighted by Crippen LogP contribution is 2.15. The summed E-state index contributed by atoms with van der Waals surface area (Å²) in [6.45, 7) is 0. The summed E-state index contributed by atoms with van der Waals surface area (Å²) < 4.78 is 26.5. The zero-order valence-corrected chi connectivity index (χ0v) is 13.8. The van der Waals surface area contributed by atoms with E-state index in [0.29, 0.717) is 17.1 Å². The van der Waals surface area contributed by atoms with E-state index in [4.69, 9.17) is 0 Å². The van der Waals surface area contributed by atoms with Gasteiger partial charge in [-0.2, -0.15) is 0 Å². The van der Waals surface area contributed by atoms with Crippen LogP contribution in [0, 0.1) is 0 Å². The number of hydrogen-bond donors (Lipinski definition) is 2. The number of sulfonamides is 1. The minimum Gasteiger partial charge on any atom is -0.326 e. The number of thiazole rings is 1. The number of hydrogen-bond acceptors (Lipinski definition) is 5. The van der Waals surface area contributed by atoms with Crippen LogP contribution in [-0.2, 0) is 21.2 Å². The summed E-state index contributed by atoms with van der Waals surface area (Å²) in [5.41, 5.74) is 1.74. The number of carbonyl (C=O) groups excluding carboxylic acids is 1. The fourth-order valence-electron chi connectivity index (χ4n) is 2.07. The molecule has 0 saturated carbocycles. The number of rotatable bonds is 5. The van der Waals surface area contributed by atoms with Crippen molar-refractivity contribution >= 4 is 43.6 Å². The fourth-order valence-corrected chi connectivity index (χ4v) is 3.35. The van der Waals surface area contributed by atoms with Gasteiger partial charge in [-0.15, -0.1) is 11.3 Å². The van der Waals surface area contributed by atoms with Gasteiger partial charge in [-0.25, -0.2) is 13.4 Å². The average Bonchev–Trinajstić information content (AvgIpc) is 3.00. The topological polar surface area (TPSA) is 92.6 Å². The van der Waals surface area contributed by atoms with Crippen molar-refractivity contribution in [1.29, 1.82) is 0 Å². The molecule has 7 nitrogen and oxygen atoms in total. The molecule has 0 radical (unpaired) electrons. The maximum atomic E-state index is 12.0. The predicted octanol–water partition coefficient (Wildman–Crippen LogP) is 1.95. The van der Waals surface area contributed by atoms with E-state index in [1.807, 2.05) is 22.2 Å². The minimum absolute atomic E-state index is 0.178. The van der Waals surface area contributed by atoms with Crippen LogP contribution in [0.4, 0.5) is 11.4 Å². The summed E-state index contributed by atoms with van der Waals surface area (Å²) in [5, 5.41) is 4.68. The van der Waals surface area contributed by atoms with Gasteiger partial charge in [0.05, 0.1) is 18.4 Å². The molecule has 1 amide bonds. The summed E-state index contributed by atoms with van der Waals surface area (Å²) >= 11 is 1.51. The first kappa shape index (κ1) is 15.5. The molecule has 0 bridgehead atoms. The zero-order chi connectivity index (χ0) is 16.4. The molecule has 2 heterocycles. The lowest BCUT2D eigenvalue weighted by molar-refractivity contribution is -0.115. The van der Waals surface area contributed by atoms with Crippen molar-refractivity contribution in [2.24, 2.45) is 0 Å². The smallest absolute Gasteiger partial charge is 0.230 e. The summed E-state index contributed by atoms with van der Waals surface area (Å²) in [7, 11) is -3.31. The van der Waals surface area contributed by atoms with E-state index in [-0.39, 0.29) is 12.3 Å². The van der Waals surface area contributed by atoms with Crippen LogP contribution in [-0.4, -0.2) is 30.0 Å². The van der Waals surface area contributed by atoms with Crippen molar-refractivity contribution in [1.82, 2.24) is 9.38 Å². The third-order valence-electron chi connectivity index (χ3n) is 2.96. The van der Waals surface area contributed by atoms with E-state index in [1.165, 1.54) is 11.3 Å². The second kappa shape index (κ2) is 6.01. The van der Waals surface area contributed by atoms with Gasteiger partial charge >= 0.3 is 0 Å². The lowest BCUT2D eigenvalue weighted by Crippen LogP contribution is -2.14. The van der Waals surface area contributed by atoms with Gasteiger partial charge in [-0.3, -0.25) is 13.9 Å². The van der Waals surface area contributed by atoms with Crippen molar-refractivity contribution in [3.63, 3.8) is 0 Å². The molecule has 1 aromatic carbocycles. The van der Waals surface area contributed by atoms with Crippen LogP contribution >= 0.6 is 11.3 Å². The van der Waals surface area contributed by atoms with Crippen LogP contribution in [0.2, 0.25) is 0 Å².